The van der Waals surface area contributed by atoms with E-state index in [0.29, 0.717) is 6.61 Å². The molecule has 1 aliphatic heterocycles. The molecule has 0 radical (unpaired) electrons. The average Bonchev–Trinajstić information content (AvgIpc) is 2.76. The summed E-state index contributed by atoms with van der Waals surface area (Å²) in [5.74, 6) is 0.0607. The molecule has 1 heterocycles. The van der Waals surface area contributed by atoms with E-state index in [4.69, 9.17) is 10.5 Å². The minimum Gasteiger partial charge on any atom is -0.381 e. The average molecular weight is 260 g/mol. The standard InChI is InChI=1S/C15H20N2O2/c16-13-8-10-4-1-2-6-12(10)14(13)17-15(18)11-5-3-7-19-9-11/h1-2,4,6,11,13-14H,3,5,7-9,16H2,(H,17,18). The monoisotopic (exact) mass is 260 g/mol. The Morgan fingerprint density at radius 1 is 1.37 bits per heavy atom. The number of carbonyl (C=O) groups excluding carboxylic acids is 1. The van der Waals surface area contributed by atoms with E-state index in [9.17, 15) is 4.79 Å². The van der Waals surface area contributed by atoms with Crippen LogP contribution in [0, 0.1) is 5.92 Å². The van der Waals surface area contributed by atoms with E-state index in [2.05, 4.69) is 17.4 Å². The molecule has 0 spiro atoms. The van der Waals surface area contributed by atoms with E-state index in [1.165, 1.54) is 11.1 Å². The van der Waals surface area contributed by atoms with Crippen LogP contribution in [-0.2, 0) is 16.0 Å². The molecule has 4 nitrogen and oxygen atoms in total. The van der Waals surface area contributed by atoms with Crippen LogP contribution in [0.15, 0.2) is 24.3 Å². The lowest BCUT2D eigenvalue weighted by Gasteiger charge is -2.25. The molecular formula is C15H20N2O2. The quantitative estimate of drug-likeness (QED) is 0.838. The van der Waals surface area contributed by atoms with Gasteiger partial charge in [-0.1, -0.05) is 24.3 Å². The summed E-state index contributed by atoms with van der Waals surface area (Å²) >= 11 is 0. The topological polar surface area (TPSA) is 64.3 Å². The zero-order chi connectivity index (χ0) is 13.2. The first-order valence-corrected chi connectivity index (χ1v) is 6.97. The first-order chi connectivity index (χ1) is 9.25. The number of hydrogen-bond donors (Lipinski definition) is 2. The van der Waals surface area contributed by atoms with Gasteiger partial charge < -0.3 is 15.8 Å². The molecule has 1 amide bonds. The summed E-state index contributed by atoms with van der Waals surface area (Å²) in [5, 5.41) is 3.11. The fourth-order valence-corrected chi connectivity index (χ4v) is 3.03. The molecule has 3 N–H and O–H groups in total. The van der Waals surface area contributed by atoms with Crippen molar-refractivity contribution in [2.75, 3.05) is 13.2 Å². The maximum atomic E-state index is 12.3. The molecule has 1 aromatic carbocycles. The van der Waals surface area contributed by atoms with Crippen molar-refractivity contribution in [2.24, 2.45) is 11.7 Å². The molecule has 0 bridgehead atoms. The third kappa shape index (κ3) is 2.51. The molecule has 19 heavy (non-hydrogen) atoms. The van der Waals surface area contributed by atoms with Crippen molar-refractivity contribution >= 4 is 5.91 Å². The van der Waals surface area contributed by atoms with E-state index < -0.39 is 0 Å². The summed E-state index contributed by atoms with van der Waals surface area (Å²) in [7, 11) is 0. The van der Waals surface area contributed by atoms with Gasteiger partial charge in [-0.3, -0.25) is 4.79 Å². The molecule has 3 unspecified atom stereocenters. The summed E-state index contributed by atoms with van der Waals surface area (Å²) in [4.78, 5) is 12.3. The number of amides is 1. The third-order valence-corrected chi connectivity index (χ3v) is 4.10. The number of nitrogens with one attached hydrogen (secondary N) is 1. The predicted molar refractivity (Wildman–Crippen MR) is 72.5 cm³/mol. The number of nitrogens with two attached hydrogens (primary N) is 1. The minimum atomic E-state index is -0.0503. The minimum absolute atomic E-state index is 0.0197. The molecule has 2 aliphatic rings. The Balaban J connectivity index is 1.71. The van der Waals surface area contributed by atoms with Gasteiger partial charge in [0, 0.05) is 12.6 Å². The molecule has 3 atom stereocenters. The summed E-state index contributed by atoms with van der Waals surface area (Å²) in [6, 6.07) is 8.09. The van der Waals surface area contributed by atoms with Gasteiger partial charge in [-0.2, -0.15) is 0 Å². The van der Waals surface area contributed by atoms with Crippen LogP contribution in [0.5, 0.6) is 0 Å². The molecule has 1 aromatic rings. The van der Waals surface area contributed by atoms with Crippen molar-refractivity contribution in [3.8, 4) is 0 Å². The number of hydrogen-bond acceptors (Lipinski definition) is 3. The molecular weight excluding hydrogens is 240 g/mol. The smallest absolute Gasteiger partial charge is 0.225 e. The fraction of sp³-hybridized carbons (Fsp3) is 0.533. The summed E-state index contributed by atoms with van der Waals surface area (Å²) < 4.78 is 5.37. The van der Waals surface area contributed by atoms with Crippen LogP contribution < -0.4 is 11.1 Å². The van der Waals surface area contributed by atoms with E-state index in [1.807, 2.05) is 12.1 Å². The second-order valence-corrected chi connectivity index (χ2v) is 5.47. The van der Waals surface area contributed by atoms with Gasteiger partial charge >= 0.3 is 0 Å². The maximum Gasteiger partial charge on any atom is 0.225 e. The number of carbonyl (C=O) groups is 1. The Kier molecular flexibility index (Phi) is 3.53. The Morgan fingerprint density at radius 3 is 3.00 bits per heavy atom. The van der Waals surface area contributed by atoms with Gasteiger partial charge in [0.05, 0.1) is 18.6 Å². The van der Waals surface area contributed by atoms with E-state index in [1.54, 1.807) is 0 Å². The lowest BCUT2D eigenvalue weighted by atomic mass is 9.99. The molecule has 0 saturated carbocycles. The number of benzene rings is 1. The Labute approximate surface area is 113 Å². The largest absolute Gasteiger partial charge is 0.381 e. The van der Waals surface area contributed by atoms with Gasteiger partial charge in [0.25, 0.3) is 0 Å². The first-order valence-electron chi connectivity index (χ1n) is 6.97. The van der Waals surface area contributed by atoms with Gasteiger partial charge in [0.2, 0.25) is 5.91 Å². The third-order valence-electron chi connectivity index (χ3n) is 4.10. The van der Waals surface area contributed by atoms with Crippen LogP contribution in [0.4, 0.5) is 0 Å². The lowest BCUT2D eigenvalue weighted by Crippen LogP contribution is -2.43. The number of ether oxygens (including phenoxy) is 1. The molecule has 1 saturated heterocycles. The number of rotatable bonds is 2. The van der Waals surface area contributed by atoms with Gasteiger partial charge in [-0.05, 0) is 30.4 Å². The van der Waals surface area contributed by atoms with Gasteiger partial charge in [-0.25, -0.2) is 0 Å². The van der Waals surface area contributed by atoms with Crippen molar-refractivity contribution in [3.05, 3.63) is 35.4 Å². The van der Waals surface area contributed by atoms with Gasteiger partial charge in [0.1, 0.15) is 0 Å². The molecule has 0 aromatic heterocycles. The van der Waals surface area contributed by atoms with Crippen LogP contribution >= 0.6 is 0 Å². The molecule has 1 fully saturated rings. The van der Waals surface area contributed by atoms with E-state index in [0.717, 1.165) is 25.9 Å². The van der Waals surface area contributed by atoms with E-state index >= 15 is 0 Å². The predicted octanol–water partition coefficient (Wildman–Crippen LogP) is 1.15. The molecule has 4 heteroatoms. The van der Waals surface area contributed by atoms with Gasteiger partial charge in [-0.15, -0.1) is 0 Å². The summed E-state index contributed by atoms with van der Waals surface area (Å²) in [6.07, 6.45) is 2.71. The highest BCUT2D eigenvalue weighted by atomic mass is 16.5. The van der Waals surface area contributed by atoms with Crippen LogP contribution in [-0.4, -0.2) is 25.2 Å². The molecule has 1 aliphatic carbocycles. The Morgan fingerprint density at radius 2 is 2.21 bits per heavy atom. The summed E-state index contributed by atoms with van der Waals surface area (Å²) in [6.45, 7) is 1.31. The lowest BCUT2D eigenvalue weighted by molar-refractivity contribution is -0.129. The van der Waals surface area contributed by atoms with Crippen LogP contribution in [0.1, 0.15) is 30.0 Å². The fourth-order valence-electron chi connectivity index (χ4n) is 3.03. The highest BCUT2D eigenvalue weighted by Gasteiger charge is 2.32. The number of fused-ring (bicyclic) bond motifs is 1. The normalized spacial score (nSPS) is 29.8. The van der Waals surface area contributed by atoms with Crippen LogP contribution in [0.3, 0.4) is 0 Å². The van der Waals surface area contributed by atoms with Gasteiger partial charge in [0.15, 0.2) is 0 Å². The van der Waals surface area contributed by atoms with Crippen LogP contribution in [0.25, 0.3) is 0 Å². The van der Waals surface area contributed by atoms with Crippen molar-refractivity contribution < 1.29 is 9.53 Å². The molecule has 102 valence electrons. The highest BCUT2D eigenvalue weighted by molar-refractivity contribution is 5.79. The van der Waals surface area contributed by atoms with E-state index in [-0.39, 0.29) is 23.9 Å². The maximum absolute atomic E-state index is 12.3. The van der Waals surface area contributed by atoms with Crippen LogP contribution in [0.2, 0.25) is 0 Å². The van der Waals surface area contributed by atoms with Crippen molar-refractivity contribution in [1.82, 2.24) is 5.32 Å². The highest BCUT2D eigenvalue weighted by Crippen LogP contribution is 2.30. The Hall–Kier alpha value is -1.39. The second kappa shape index (κ2) is 5.31. The van der Waals surface area contributed by atoms with Crippen molar-refractivity contribution in [2.45, 2.75) is 31.3 Å². The summed E-state index contributed by atoms with van der Waals surface area (Å²) in [5.41, 5.74) is 8.58. The SMILES string of the molecule is NC1Cc2ccccc2C1NC(=O)C1CCCOC1. The Bertz CT molecular complexity index is 469. The second-order valence-electron chi connectivity index (χ2n) is 5.47. The van der Waals surface area contributed by atoms with Crippen molar-refractivity contribution in [3.63, 3.8) is 0 Å². The zero-order valence-electron chi connectivity index (χ0n) is 11.0. The van der Waals surface area contributed by atoms with Crippen molar-refractivity contribution in [1.29, 1.82) is 0 Å². The molecule has 3 rings (SSSR count). The first kappa shape index (κ1) is 12.6. The zero-order valence-corrected chi connectivity index (χ0v) is 11.0.